The summed E-state index contributed by atoms with van der Waals surface area (Å²) in [6.45, 7) is 3.54. The van der Waals surface area contributed by atoms with Crippen LogP contribution in [0.5, 0.6) is 11.5 Å². The van der Waals surface area contributed by atoms with Crippen molar-refractivity contribution in [3.05, 3.63) is 35.4 Å². The fourth-order valence-corrected chi connectivity index (χ4v) is 3.11. The first-order chi connectivity index (χ1) is 12.8. The van der Waals surface area contributed by atoms with Crippen molar-refractivity contribution in [2.24, 2.45) is 0 Å². The van der Waals surface area contributed by atoms with Gasteiger partial charge in [0.05, 0.1) is 19.3 Å². The Morgan fingerprint density at radius 3 is 2.92 bits per heavy atom. The lowest BCUT2D eigenvalue weighted by Crippen LogP contribution is -2.05. The van der Waals surface area contributed by atoms with Crippen LogP contribution >= 0.6 is 0 Å². The molecule has 0 saturated heterocycles. The molecule has 0 saturated carbocycles. The number of nitriles is 1. The molecule has 26 heavy (non-hydrogen) atoms. The lowest BCUT2D eigenvalue weighted by molar-refractivity contribution is 0.294. The summed E-state index contributed by atoms with van der Waals surface area (Å²) in [7, 11) is 1.62. The van der Waals surface area contributed by atoms with Gasteiger partial charge < -0.3 is 14.0 Å². The van der Waals surface area contributed by atoms with Gasteiger partial charge in [-0.1, -0.05) is 19.4 Å². The third-order valence-electron chi connectivity index (χ3n) is 4.43. The second-order valence-electron chi connectivity index (χ2n) is 6.33. The maximum absolute atomic E-state index is 9.69. The van der Waals surface area contributed by atoms with E-state index in [0.29, 0.717) is 29.5 Å². The van der Waals surface area contributed by atoms with Crippen LogP contribution in [0, 0.1) is 11.3 Å². The average Bonchev–Trinajstić information content (AvgIpc) is 2.92. The van der Waals surface area contributed by atoms with Gasteiger partial charge in [-0.15, -0.1) is 10.2 Å². The maximum atomic E-state index is 9.69. The van der Waals surface area contributed by atoms with Crippen LogP contribution in [0.3, 0.4) is 0 Å². The van der Waals surface area contributed by atoms with E-state index < -0.39 is 0 Å². The number of hydrogen-bond acceptors (Lipinski definition) is 5. The van der Waals surface area contributed by atoms with Gasteiger partial charge in [-0.05, 0) is 43.0 Å². The molecule has 0 amide bonds. The normalized spacial score (nSPS) is 14.3. The zero-order valence-electron chi connectivity index (χ0n) is 15.4. The van der Waals surface area contributed by atoms with Crippen molar-refractivity contribution in [3.63, 3.8) is 0 Å². The summed E-state index contributed by atoms with van der Waals surface area (Å²) < 4.78 is 13.2. The molecule has 0 N–H and O–H groups in total. The average molecular weight is 352 g/mol. The SMILES string of the molecule is CCCOc1cc(/C=C(/C#N)c2nnc3n2CCCCC3)ccc1OC. The van der Waals surface area contributed by atoms with Crippen LogP contribution in [0.15, 0.2) is 18.2 Å². The van der Waals surface area contributed by atoms with Crippen LogP contribution in [-0.4, -0.2) is 28.5 Å². The molecule has 0 unspecified atom stereocenters. The molecule has 1 aliphatic rings. The maximum Gasteiger partial charge on any atom is 0.174 e. The number of aryl methyl sites for hydroxylation is 1. The van der Waals surface area contributed by atoms with Gasteiger partial charge >= 0.3 is 0 Å². The van der Waals surface area contributed by atoms with Crippen LogP contribution in [0.1, 0.15) is 49.8 Å². The highest BCUT2D eigenvalue weighted by Crippen LogP contribution is 2.30. The van der Waals surface area contributed by atoms with Crippen molar-refractivity contribution in [2.45, 2.75) is 45.6 Å². The molecule has 0 bridgehead atoms. The van der Waals surface area contributed by atoms with E-state index in [4.69, 9.17) is 9.47 Å². The summed E-state index contributed by atoms with van der Waals surface area (Å²) in [4.78, 5) is 0. The molecule has 3 rings (SSSR count). The molecule has 0 radical (unpaired) electrons. The third-order valence-corrected chi connectivity index (χ3v) is 4.43. The summed E-state index contributed by atoms with van der Waals surface area (Å²) in [5, 5.41) is 18.3. The van der Waals surface area contributed by atoms with Gasteiger partial charge in [-0.3, -0.25) is 0 Å². The molecule has 2 aromatic rings. The van der Waals surface area contributed by atoms with Crippen molar-refractivity contribution < 1.29 is 9.47 Å². The minimum Gasteiger partial charge on any atom is -0.493 e. The second kappa shape index (κ2) is 8.52. The first kappa shape index (κ1) is 18.0. The number of aromatic nitrogens is 3. The van der Waals surface area contributed by atoms with Crippen LogP contribution in [0.4, 0.5) is 0 Å². The highest BCUT2D eigenvalue weighted by atomic mass is 16.5. The quantitative estimate of drug-likeness (QED) is 0.738. The fraction of sp³-hybridized carbons (Fsp3) is 0.450. The lowest BCUT2D eigenvalue weighted by atomic mass is 10.1. The molecule has 1 aromatic carbocycles. The third kappa shape index (κ3) is 3.88. The monoisotopic (exact) mass is 352 g/mol. The number of rotatable bonds is 6. The predicted molar refractivity (Wildman–Crippen MR) is 99.8 cm³/mol. The number of fused-ring (bicyclic) bond motifs is 1. The van der Waals surface area contributed by atoms with E-state index in [1.54, 1.807) is 7.11 Å². The molecule has 0 spiro atoms. The number of ether oxygens (including phenoxy) is 2. The Hall–Kier alpha value is -2.81. The van der Waals surface area contributed by atoms with E-state index in [2.05, 4.69) is 27.8 Å². The summed E-state index contributed by atoms with van der Waals surface area (Å²) in [5.74, 6) is 2.99. The fourth-order valence-electron chi connectivity index (χ4n) is 3.11. The van der Waals surface area contributed by atoms with Crippen molar-refractivity contribution in [1.29, 1.82) is 5.26 Å². The van der Waals surface area contributed by atoms with E-state index in [1.165, 1.54) is 6.42 Å². The minimum absolute atomic E-state index is 0.511. The van der Waals surface area contributed by atoms with Gasteiger partial charge in [0.2, 0.25) is 0 Å². The van der Waals surface area contributed by atoms with Gasteiger partial charge in [-0.25, -0.2) is 0 Å². The largest absolute Gasteiger partial charge is 0.493 e. The standard InChI is InChI=1S/C20H24N4O2/c1-3-11-26-18-13-15(8-9-17(18)25-2)12-16(14-21)20-23-22-19-7-5-4-6-10-24(19)20/h8-9,12-13H,3-7,10-11H2,1-2H3/b16-12-. The highest BCUT2D eigenvalue weighted by Gasteiger charge is 2.18. The van der Waals surface area contributed by atoms with Crippen LogP contribution in [-0.2, 0) is 13.0 Å². The molecule has 0 atom stereocenters. The molecule has 1 aliphatic heterocycles. The van der Waals surface area contributed by atoms with Crippen molar-refractivity contribution in [1.82, 2.24) is 14.8 Å². The van der Waals surface area contributed by atoms with E-state index in [9.17, 15) is 5.26 Å². The molecule has 0 aliphatic carbocycles. The Morgan fingerprint density at radius 2 is 2.15 bits per heavy atom. The molecule has 1 aromatic heterocycles. The van der Waals surface area contributed by atoms with Gasteiger partial charge in [0.25, 0.3) is 0 Å². The van der Waals surface area contributed by atoms with Crippen molar-refractivity contribution >= 4 is 11.6 Å². The van der Waals surface area contributed by atoms with E-state index in [1.807, 2.05) is 24.3 Å². The Morgan fingerprint density at radius 1 is 1.27 bits per heavy atom. The van der Waals surface area contributed by atoms with Crippen molar-refractivity contribution in [3.8, 4) is 17.6 Å². The molecular weight excluding hydrogens is 328 g/mol. The van der Waals surface area contributed by atoms with Gasteiger partial charge in [0.1, 0.15) is 11.9 Å². The van der Waals surface area contributed by atoms with Crippen LogP contribution in [0.2, 0.25) is 0 Å². The number of methoxy groups -OCH3 is 1. The number of hydrogen-bond donors (Lipinski definition) is 0. The van der Waals surface area contributed by atoms with E-state index >= 15 is 0 Å². The van der Waals surface area contributed by atoms with E-state index in [0.717, 1.165) is 43.6 Å². The Labute approximate surface area is 154 Å². The van der Waals surface area contributed by atoms with Gasteiger partial charge in [0, 0.05) is 13.0 Å². The number of allylic oxidation sites excluding steroid dienone is 1. The molecule has 6 nitrogen and oxygen atoms in total. The highest BCUT2D eigenvalue weighted by molar-refractivity contribution is 5.87. The van der Waals surface area contributed by atoms with Crippen LogP contribution in [0.25, 0.3) is 11.6 Å². The first-order valence-corrected chi connectivity index (χ1v) is 9.12. The Balaban J connectivity index is 1.95. The summed E-state index contributed by atoms with van der Waals surface area (Å²) in [5.41, 5.74) is 1.39. The lowest BCUT2D eigenvalue weighted by Gasteiger charge is -2.11. The first-order valence-electron chi connectivity index (χ1n) is 9.12. The smallest absolute Gasteiger partial charge is 0.174 e. The molecule has 6 heteroatoms. The zero-order valence-corrected chi connectivity index (χ0v) is 15.4. The van der Waals surface area contributed by atoms with Crippen LogP contribution < -0.4 is 9.47 Å². The number of nitrogens with zero attached hydrogens (tertiary/aromatic N) is 4. The Bertz CT molecular complexity index is 833. The summed E-state index contributed by atoms with van der Waals surface area (Å²) in [6.07, 6.45) is 7.07. The minimum atomic E-state index is 0.511. The second-order valence-corrected chi connectivity index (χ2v) is 6.33. The molecule has 136 valence electrons. The molecule has 2 heterocycles. The zero-order chi connectivity index (χ0) is 18.4. The number of benzene rings is 1. The molecular formula is C20H24N4O2. The topological polar surface area (TPSA) is 73.0 Å². The van der Waals surface area contributed by atoms with Gasteiger partial charge in [-0.2, -0.15) is 5.26 Å². The predicted octanol–water partition coefficient (Wildman–Crippen LogP) is 3.87. The van der Waals surface area contributed by atoms with E-state index in [-0.39, 0.29) is 0 Å². The summed E-state index contributed by atoms with van der Waals surface area (Å²) in [6, 6.07) is 7.94. The van der Waals surface area contributed by atoms with Crippen molar-refractivity contribution in [2.75, 3.05) is 13.7 Å². The van der Waals surface area contributed by atoms with Gasteiger partial charge in [0.15, 0.2) is 17.3 Å². The summed E-state index contributed by atoms with van der Waals surface area (Å²) >= 11 is 0. The molecule has 0 fully saturated rings. The Kier molecular flexibility index (Phi) is 5.90.